The van der Waals surface area contributed by atoms with Gasteiger partial charge in [0, 0.05) is 29.5 Å². The summed E-state index contributed by atoms with van der Waals surface area (Å²) in [4.78, 5) is 73.4. The number of methoxy groups -OCH3 is 1. The minimum Gasteiger partial charge on any atom is -0.497 e. The minimum absolute atomic E-state index is 0.0329. The van der Waals surface area contributed by atoms with Crippen LogP contribution in [0.1, 0.15) is 53.0 Å². The Bertz CT molecular complexity index is 1550. The summed E-state index contributed by atoms with van der Waals surface area (Å²) < 4.78 is 17.7. The summed E-state index contributed by atoms with van der Waals surface area (Å²) in [6, 6.07) is 14.4. The Kier molecular flexibility index (Phi) is 10.2. The molecule has 0 aromatic heterocycles. The van der Waals surface area contributed by atoms with E-state index < -0.39 is 49.2 Å². The molecule has 1 aliphatic rings. The van der Waals surface area contributed by atoms with Gasteiger partial charge in [-0.1, -0.05) is 50.2 Å². The molecule has 3 aromatic carbocycles. The number of carboxylic acid groups (broad SMARTS) is 1. The highest BCUT2D eigenvalue weighted by atomic mass is 31.2. The summed E-state index contributed by atoms with van der Waals surface area (Å²) in [6.45, 7) is 3.30. The van der Waals surface area contributed by atoms with Crippen LogP contribution in [0.15, 0.2) is 60.7 Å². The second-order valence-electron chi connectivity index (χ2n) is 11.2. The van der Waals surface area contributed by atoms with Crippen LogP contribution in [-0.4, -0.2) is 75.0 Å². The van der Waals surface area contributed by atoms with Gasteiger partial charge in [-0.25, -0.2) is 4.79 Å². The Balaban J connectivity index is 1.50. The second kappa shape index (κ2) is 13.7. The lowest BCUT2D eigenvalue weighted by molar-refractivity contribution is -0.142. The zero-order chi connectivity index (χ0) is 32.2. The molecule has 12 nitrogen and oxygen atoms in total. The lowest BCUT2D eigenvalue weighted by atomic mass is 9.94. The molecular weight excluding hydrogens is 589 g/mol. The van der Waals surface area contributed by atoms with E-state index in [4.69, 9.17) is 4.74 Å². The Hall–Kier alpha value is -4.09. The van der Waals surface area contributed by atoms with Gasteiger partial charge in [-0.3, -0.25) is 29.2 Å². The van der Waals surface area contributed by atoms with E-state index in [0.717, 1.165) is 10.3 Å². The van der Waals surface area contributed by atoms with Gasteiger partial charge in [-0.15, -0.1) is 0 Å². The second-order valence-corrected chi connectivity index (χ2v) is 13.0. The maximum absolute atomic E-state index is 13.4. The third-order valence-corrected chi connectivity index (χ3v) is 8.74. The summed E-state index contributed by atoms with van der Waals surface area (Å²) in [5.74, 6) is -4.31. The predicted molar refractivity (Wildman–Crippen MR) is 162 cm³/mol. The van der Waals surface area contributed by atoms with Crippen LogP contribution in [0.4, 0.5) is 0 Å². The monoisotopic (exact) mass is 625 g/mol. The molecule has 0 bridgehead atoms. The minimum atomic E-state index is -4.92. The van der Waals surface area contributed by atoms with Crippen LogP contribution >= 0.6 is 7.60 Å². The molecule has 234 valence electrons. The number of nitrogens with zero attached hydrogens (tertiary/aromatic N) is 1. The molecule has 13 heteroatoms. The first-order chi connectivity index (χ1) is 20.8. The van der Waals surface area contributed by atoms with Crippen molar-refractivity contribution in [3.63, 3.8) is 0 Å². The first-order valence-electron chi connectivity index (χ1n) is 14.2. The fourth-order valence-electron chi connectivity index (χ4n) is 5.31. The van der Waals surface area contributed by atoms with Crippen molar-refractivity contribution in [2.75, 3.05) is 13.7 Å². The highest BCUT2D eigenvalue weighted by Gasteiger charge is 2.38. The van der Waals surface area contributed by atoms with Gasteiger partial charge in [-0.2, -0.15) is 0 Å². The number of benzene rings is 3. The fourth-order valence-corrected chi connectivity index (χ4v) is 6.13. The third kappa shape index (κ3) is 7.51. The SMILES string of the molecule is COc1ccc(C[C@H](NC(=O)[C@H](CC(C)C)N[C@@H](CCN2C(=O)c3cccc4cccc(c34)C2=O)P(=O)(O)O)C(=O)O)cc1. The third-order valence-electron chi connectivity index (χ3n) is 7.52. The fraction of sp³-hybridized carbons (Fsp3) is 0.355. The van der Waals surface area contributed by atoms with E-state index in [1.54, 1.807) is 60.7 Å². The normalized spacial score (nSPS) is 15.3. The number of rotatable bonds is 14. The molecule has 3 aromatic rings. The number of amides is 3. The standard InChI is InChI=1S/C31H36N3O9P/c1-18(2)16-24(28(35)33-25(31(38)39)17-19-10-12-21(43-3)13-11-19)32-26(44(40,41)42)14-15-34-29(36)22-8-4-6-20-7-5-9-23(27(20)22)30(34)37/h4-13,18,24-26,32H,14-17H2,1-3H3,(H,33,35)(H,38,39)(H2,40,41,42)/t24-,25-,26+/m0/s1. The average Bonchev–Trinajstić information content (AvgIpc) is 2.97. The van der Waals surface area contributed by atoms with E-state index in [2.05, 4.69) is 10.6 Å². The van der Waals surface area contributed by atoms with Gasteiger partial charge < -0.3 is 24.9 Å². The Morgan fingerprint density at radius 2 is 1.52 bits per heavy atom. The highest BCUT2D eigenvalue weighted by Crippen LogP contribution is 2.42. The molecule has 1 heterocycles. The van der Waals surface area contributed by atoms with Crippen molar-refractivity contribution in [3.8, 4) is 5.75 Å². The Morgan fingerprint density at radius 3 is 2.02 bits per heavy atom. The average molecular weight is 626 g/mol. The van der Waals surface area contributed by atoms with Gasteiger partial charge >= 0.3 is 13.6 Å². The quantitative estimate of drug-likeness (QED) is 0.132. The van der Waals surface area contributed by atoms with Crippen molar-refractivity contribution in [1.29, 1.82) is 0 Å². The lowest BCUT2D eigenvalue weighted by Gasteiger charge is -2.31. The van der Waals surface area contributed by atoms with E-state index >= 15 is 0 Å². The molecule has 0 unspecified atom stereocenters. The molecule has 4 rings (SSSR count). The van der Waals surface area contributed by atoms with Crippen LogP contribution < -0.4 is 15.4 Å². The number of carbonyl (C=O) groups excluding carboxylic acids is 3. The summed E-state index contributed by atoms with van der Waals surface area (Å²) in [5, 5.41) is 16.3. The smallest absolute Gasteiger partial charge is 0.342 e. The number of ether oxygens (including phenoxy) is 1. The van der Waals surface area contributed by atoms with Crippen LogP contribution in [0.5, 0.6) is 5.75 Å². The van der Waals surface area contributed by atoms with Crippen LogP contribution in [-0.2, 0) is 20.6 Å². The molecule has 1 aliphatic heterocycles. The van der Waals surface area contributed by atoms with E-state index in [-0.39, 0.29) is 31.7 Å². The number of imide groups is 1. The number of aliphatic carboxylic acids is 1. The Morgan fingerprint density at radius 1 is 0.932 bits per heavy atom. The van der Waals surface area contributed by atoms with E-state index in [0.29, 0.717) is 27.8 Å². The summed E-state index contributed by atoms with van der Waals surface area (Å²) in [5.41, 5.74) is 1.26. The zero-order valence-corrected chi connectivity index (χ0v) is 25.5. The van der Waals surface area contributed by atoms with Gasteiger partial charge in [-0.05, 0) is 54.0 Å². The van der Waals surface area contributed by atoms with Crippen LogP contribution in [0, 0.1) is 5.92 Å². The molecule has 3 atom stereocenters. The summed E-state index contributed by atoms with van der Waals surface area (Å²) in [7, 11) is -3.41. The van der Waals surface area contributed by atoms with Crippen molar-refractivity contribution in [2.24, 2.45) is 5.92 Å². The summed E-state index contributed by atoms with van der Waals surface area (Å²) >= 11 is 0. The number of carboxylic acids is 1. The van der Waals surface area contributed by atoms with Crippen molar-refractivity contribution < 1.29 is 43.4 Å². The topological polar surface area (TPSA) is 183 Å². The van der Waals surface area contributed by atoms with E-state index in [1.807, 2.05) is 13.8 Å². The number of hydrogen-bond acceptors (Lipinski definition) is 7. The zero-order valence-electron chi connectivity index (χ0n) is 24.6. The van der Waals surface area contributed by atoms with Gasteiger partial charge in [0.15, 0.2) is 0 Å². The van der Waals surface area contributed by atoms with Gasteiger partial charge in [0.1, 0.15) is 17.6 Å². The number of carbonyl (C=O) groups is 4. The lowest BCUT2D eigenvalue weighted by Crippen LogP contribution is -2.54. The van der Waals surface area contributed by atoms with Crippen LogP contribution in [0.2, 0.25) is 0 Å². The maximum atomic E-state index is 13.4. The first kappa shape index (κ1) is 32.8. The molecule has 0 spiro atoms. The first-order valence-corrected chi connectivity index (χ1v) is 15.8. The number of nitrogens with one attached hydrogen (secondary N) is 2. The van der Waals surface area contributed by atoms with Crippen molar-refractivity contribution in [2.45, 2.75) is 51.0 Å². The molecule has 3 amide bonds. The van der Waals surface area contributed by atoms with E-state index in [9.17, 15) is 38.6 Å². The molecule has 0 saturated heterocycles. The molecule has 5 N–H and O–H groups in total. The summed E-state index contributed by atoms with van der Waals surface area (Å²) in [6.07, 6.45) is -0.251. The van der Waals surface area contributed by atoms with Crippen LogP contribution in [0.3, 0.4) is 0 Å². The van der Waals surface area contributed by atoms with Crippen molar-refractivity contribution in [3.05, 3.63) is 77.4 Å². The van der Waals surface area contributed by atoms with Gasteiger partial charge in [0.25, 0.3) is 11.8 Å². The largest absolute Gasteiger partial charge is 0.497 e. The van der Waals surface area contributed by atoms with Crippen LogP contribution in [0.25, 0.3) is 10.8 Å². The van der Waals surface area contributed by atoms with Gasteiger partial charge in [0.2, 0.25) is 5.91 Å². The molecular formula is C31H36N3O9P. The molecule has 0 fully saturated rings. The van der Waals surface area contributed by atoms with Crippen molar-refractivity contribution in [1.82, 2.24) is 15.5 Å². The highest BCUT2D eigenvalue weighted by molar-refractivity contribution is 7.52. The van der Waals surface area contributed by atoms with Crippen molar-refractivity contribution >= 4 is 42.1 Å². The molecule has 0 saturated carbocycles. The molecule has 0 radical (unpaired) electrons. The maximum Gasteiger partial charge on any atom is 0.342 e. The Labute approximate surface area is 254 Å². The predicted octanol–water partition coefficient (Wildman–Crippen LogP) is 3.15. The van der Waals surface area contributed by atoms with Gasteiger partial charge in [0.05, 0.1) is 13.2 Å². The molecule has 44 heavy (non-hydrogen) atoms. The molecule has 0 aliphatic carbocycles. The number of hydrogen-bond donors (Lipinski definition) is 5. The van der Waals surface area contributed by atoms with E-state index in [1.165, 1.54) is 7.11 Å².